The van der Waals surface area contributed by atoms with E-state index in [0.29, 0.717) is 27.2 Å². The number of halogens is 1. The van der Waals surface area contributed by atoms with Crippen LogP contribution in [-0.2, 0) is 11.8 Å². The fraction of sp³-hybridized carbons (Fsp3) is 0.357. The predicted molar refractivity (Wildman–Crippen MR) is 83.8 cm³/mol. The Morgan fingerprint density at radius 1 is 1.57 bits per heavy atom. The number of rotatable bonds is 6. The first-order valence-corrected chi connectivity index (χ1v) is 8.08. The summed E-state index contributed by atoms with van der Waals surface area (Å²) in [5.74, 6) is 0.219. The Morgan fingerprint density at radius 3 is 2.91 bits per heavy atom. The Balaban J connectivity index is 1.94. The summed E-state index contributed by atoms with van der Waals surface area (Å²) in [6, 6.07) is 3.41. The third kappa shape index (κ3) is 4.29. The maximum absolute atomic E-state index is 12.0. The monoisotopic (exact) mass is 357 g/mol. The van der Waals surface area contributed by atoms with Crippen molar-refractivity contribution in [1.82, 2.24) is 5.27 Å². The Kier molecular flexibility index (Phi) is 5.73. The van der Waals surface area contributed by atoms with Crippen molar-refractivity contribution in [2.45, 2.75) is 18.4 Å². The van der Waals surface area contributed by atoms with Crippen LogP contribution in [0.3, 0.4) is 0 Å². The van der Waals surface area contributed by atoms with E-state index >= 15 is 0 Å². The third-order valence-electron chi connectivity index (χ3n) is 3.04. The van der Waals surface area contributed by atoms with Crippen LogP contribution in [0.4, 0.5) is 5.69 Å². The minimum Gasteiger partial charge on any atom is -0.538 e. The van der Waals surface area contributed by atoms with Gasteiger partial charge in [-0.15, -0.1) is 0 Å². The van der Waals surface area contributed by atoms with Gasteiger partial charge in [-0.05, 0) is 18.6 Å². The number of thioether (sulfide) groups is 1. The van der Waals surface area contributed by atoms with Crippen molar-refractivity contribution in [2.24, 2.45) is 7.05 Å². The molecule has 1 aromatic heterocycles. The first-order chi connectivity index (χ1) is 10.9. The van der Waals surface area contributed by atoms with E-state index in [0.717, 1.165) is 5.56 Å². The molecule has 7 nitrogen and oxygen atoms in total. The lowest BCUT2D eigenvalue weighted by atomic mass is 10.2. The van der Waals surface area contributed by atoms with Crippen molar-refractivity contribution in [3.05, 3.63) is 22.7 Å². The zero-order valence-corrected chi connectivity index (χ0v) is 14.5. The Hall–Kier alpha value is -1.93. The number of ether oxygens (including phenoxy) is 1. The lowest BCUT2D eigenvalue weighted by molar-refractivity contribution is -0.772. The number of hydrogen-bond acceptors (Lipinski definition) is 6. The van der Waals surface area contributed by atoms with Crippen LogP contribution in [0.2, 0.25) is 5.02 Å². The number of hydrogen-bond donors (Lipinski definition) is 1. The highest BCUT2D eigenvalue weighted by Crippen LogP contribution is 2.31. The van der Waals surface area contributed by atoms with E-state index in [1.165, 1.54) is 23.6 Å². The summed E-state index contributed by atoms with van der Waals surface area (Å²) in [4.78, 5) is 12.0. The molecule has 0 saturated carbocycles. The van der Waals surface area contributed by atoms with Gasteiger partial charge < -0.3 is 19.7 Å². The quantitative estimate of drug-likeness (QED) is 0.624. The number of aromatic nitrogens is 2. The molecule has 2 rings (SSSR count). The van der Waals surface area contributed by atoms with Gasteiger partial charge in [-0.3, -0.25) is 4.79 Å². The molecular weight excluding hydrogens is 342 g/mol. The topological polar surface area (TPSA) is 91.3 Å². The smallest absolute Gasteiger partial charge is 0.290 e. The molecule has 0 aliphatic rings. The van der Waals surface area contributed by atoms with Crippen molar-refractivity contribution in [2.75, 3.05) is 18.2 Å². The Labute approximate surface area is 142 Å². The average Bonchev–Trinajstić information content (AvgIpc) is 2.82. The van der Waals surface area contributed by atoms with E-state index in [1.54, 1.807) is 19.2 Å². The van der Waals surface area contributed by atoms with Gasteiger partial charge in [0.15, 0.2) is 13.0 Å². The third-order valence-corrected chi connectivity index (χ3v) is 4.56. The van der Waals surface area contributed by atoms with Crippen LogP contribution in [0, 0.1) is 6.92 Å². The van der Waals surface area contributed by atoms with E-state index < -0.39 is 5.95 Å². The van der Waals surface area contributed by atoms with Crippen LogP contribution in [0.25, 0.3) is 0 Å². The van der Waals surface area contributed by atoms with Gasteiger partial charge in [-0.2, -0.15) is 0 Å². The van der Waals surface area contributed by atoms with Crippen molar-refractivity contribution in [3.8, 4) is 11.7 Å². The van der Waals surface area contributed by atoms with Gasteiger partial charge in [0, 0.05) is 23.3 Å². The molecule has 0 fully saturated rings. The largest absolute Gasteiger partial charge is 0.538 e. The van der Waals surface area contributed by atoms with Gasteiger partial charge >= 0.3 is 0 Å². The van der Waals surface area contributed by atoms with Crippen molar-refractivity contribution < 1.29 is 23.8 Å². The number of nitrogens with one attached hydrogen (secondary N) is 1. The molecule has 0 radical (unpaired) electrons. The Bertz CT molecular complexity index is 701. The van der Waals surface area contributed by atoms with E-state index in [4.69, 9.17) is 16.3 Å². The summed E-state index contributed by atoms with van der Waals surface area (Å²) in [6.45, 7) is 1.84. The van der Waals surface area contributed by atoms with E-state index in [-0.39, 0.29) is 12.3 Å². The van der Waals surface area contributed by atoms with Gasteiger partial charge in [0.1, 0.15) is 5.75 Å². The van der Waals surface area contributed by atoms with Crippen molar-refractivity contribution >= 4 is 35.0 Å². The summed E-state index contributed by atoms with van der Waals surface area (Å²) in [6.07, 6.45) is 0.222. The Morgan fingerprint density at radius 2 is 2.30 bits per heavy atom. The summed E-state index contributed by atoms with van der Waals surface area (Å²) in [5, 5.41) is 18.6. The van der Waals surface area contributed by atoms with Crippen LogP contribution in [0.5, 0.6) is 11.7 Å². The molecule has 1 aromatic carbocycles. The number of nitrogens with zero attached hydrogens (tertiary/aromatic N) is 2. The lowest BCUT2D eigenvalue weighted by Crippen LogP contribution is -2.32. The number of carbonyl (C=O) groups excluding carboxylic acids is 1. The highest BCUT2D eigenvalue weighted by Gasteiger charge is 2.15. The van der Waals surface area contributed by atoms with E-state index in [2.05, 4.69) is 15.1 Å². The van der Waals surface area contributed by atoms with Gasteiger partial charge in [-0.1, -0.05) is 28.0 Å². The van der Waals surface area contributed by atoms with E-state index in [1.807, 2.05) is 6.92 Å². The molecule has 0 aliphatic carbocycles. The number of carbonyl (C=O) groups is 1. The van der Waals surface area contributed by atoms with Crippen LogP contribution in [-0.4, -0.2) is 24.0 Å². The second kappa shape index (κ2) is 7.56. The molecule has 0 spiro atoms. The minimum atomic E-state index is -0.507. The predicted octanol–water partition coefficient (Wildman–Crippen LogP) is 1.66. The maximum atomic E-state index is 12.0. The zero-order chi connectivity index (χ0) is 17.0. The minimum absolute atomic E-state index is 0.191. The van der Waals surface area contributed by atoms with Crippen molar-refractivity contribution in [3.63, 3.8) is 0 Å². The number of amides is 1. The van der Waals surface area contributed by atoms with Crippen LogP contribution >= 0.6 is 23.4 Å². The highest BCUT2D eigenvalue weighted by atomic mass is 35.5. The molecule has 124 valence electrons. The molecule has 1 N–H and O–H groups in total. The summed E-state index contributed by atoms with van der Waals surface area (Å²) in [5.41, 5.74) is 1.40. The molecule has 0 unspecified atom stereocenters. The van der Waals surface area contributed by atoms with Gasteiger partial charge in [0.2, 0.25) is 5.91 Å². The van der Waals surface area contributed by atoms with Gasteiger partial charge in [0.25, 0.3) is 5.03 Å². The molecule has 0 bridgehead atoms. The van der Waals surface area contributed by atoms with Gasteiger partial charge in [-0.25, -0.2) is 0 Å². The molecule has 9 heteroatoms. The first-order valence-electron chi connectivity index (χ1n) is 6.72. The second-order valence-electron chi connectivity index (χ2n) is 4.74. The van der Waals surface area contributed by atoms with Gasteiger partial charge in [0.05, 0.1) is 18.1 Å². The summed E-state index contributed by atoms with van der Waals surface area (Å²) >= 11 is 7.24. The molecule has 0 atom stereocenters. The number of aryl methyl sites for hydroxylation is 2. The standard InChI is InChI=1S/C14H16ClN3O4S/c1-8-6-10(11(21-3)7-9(8)15)16-12(19)4-5-23-13-14(20)22-17-18(13)2/h6-7H,4-5H2,1-3H3,(H-,16,17,19,20). The molecule has 23 heavy (non-hydrogen) atoms. The second-order valence-corrected chi connectivity index (χ2v) is 6.23. The highest BCUT2D eigenvalue weighted by molar-refractivity contribution is 7.99. The number of benzene rings is 1. The normalized spacial score (nSPS) is 10.6. The molecule has 2 aromatic rings. The lowest BCUT2D eigenvalue weighted by Gasteiger charge is -2.12. The number of methoxy groups -OCH3 is 1. The van der Waals surface area contributed by atoms with Crippen LogP contribution < -0.4 is 19.8 Å². The fourth-order valence-corrected chi connectivity index (χ4v) is 2.85. The SMILES string of the molecule is COc1cc(Cl)c(C)cc1NC(=O)CCSc1c([O-])on[n+]1C. The van der Waals surface area contributed by atoms with Crippen LogP contribution in [0.1, 0.15) is 12.0 Å². The zero-order valence-electron chi connectivity index (χ0n) is 12.9. The fourth-order valence-electron chi connectivity index (χ4n) is 1.84. The molecule has 1 heterocycles. The molecule has 0 aliphatic heterocycles. The average molecular weight is 358 g/mol. The summed E-state index contributed by atoms with van der Waals surface area (Å²) in [7, 11) is 3.11. The molecule has 1 amide bonds. The van der Waals surface area contributed by atoms with Crippen molar-refractivity contribution in [1.29, 1.82) is 0 Å². The summed E-state index contributed by atoms with van der Waals surface area (Å²) < 4.78 is 11.1. The van der Waals surface area contributed by atoms with Crippen LogP contribution in [0.15, 0.2) is 21.7 Å². The first kappa shape index (κ1) is 17.4. The maximum Gasteiger partial charge on any atom is 0.290 e. The van der Waals surface area contributed by atoms with E-state index in [9.17, 15) is 9.90 Å². The number of anilines is 1. The molecule has 0 saturated heterocycles. The molecular formula is C14H16ClN3O4S.